The maximum Gasteiger partial charge on any atom is 0.263 e. The molecule has 0 unspecified atom stereocenters. The molecule has 8 nitrogen and oxygen atoms in total. The molecule has 0 fully saturated rings. The predicted octanol–water partition coefficient (Wildman–Crippen LogP) is 1.42. The van der Waals surface area contributed by atoms with E-state index in [1.807, 2.05) is 0 Å². The van der Waals surface area contributed by atoms with Crippen molar-refractivity contribution in [3.63, 3.8) is 0 Å². The largest absolute Gasteiger partial charge is 0.325 e. The molecule has 0 saturated carbocycles. The number of aromatic nitrogens is 1. The molecule has 0 aliphatic rings. The van der Waals surface area contributed by atoms with Crippen LogP contribution < -0.4 is 10.0 Å². The Morgan fingerprint density at radius 3 is 2.35 bits per heavy atom. The van der Waals surface area contributed by atoms with E-state index in [1.54, 1.807) is 12.1 Å². The van der Waals surface area contributed by atoms with Crippen molar-refractivity contribution in [2.45, 2.75) is 4.90 Å². The highest BCUT2D eigenvalue weighted by Crippen LogP contribution is 2.17. The number of hydrogen-bond donors (Lipinski definition) is 2. The van der Waals surface area contributed by atoms with Crippen molar-refractivity contribution >= 4 is 37.3 Å². The van der Waals surface area contributed by atoms with Gasteiger partial charge in [0, 0.05) is 11.9 Å². The first-order valence-corrected chi connectivity index (χ1v) is 10.7. The van der Waals surface area contributed by atoms with Gasteiger partial charge in [-0.3, -0.25) is 9.52 Å². The highest BCUT2D eigenvalue weighted by Gasteiger charge is 2.17. The predicted molar refractivity (Wildman–Crippen MR) is 99.0 cm³/mol. The molecule has 10 heteroatoms. The van der Waals surface area contributed by atoms with Gasteiger partial charge in [-0.15, -0.1) is 6.58 Å². The monoisotopic (exact) mass is 395 g/mol. The van der Waals surface area contributed by atoms with Crippen LogP contribution in [0.1, 0.15) is 0 Å². The minimum atomic E-state index is -3.83. The Bertz CT molecular complexity index is 986. The molecule has 2 aromatic rings. The van der Waals surface area contributed by atoms with Crippen LogP contribution in [0.4, 0.5) is 11.5 Å². The molecule has 0 radical (unpaired) electrons. The van der Waals surface area contributed by atoms with Crippen molar-refractivity contribution in [1.82, 2.24) is 4.98 Å². The van der Waals surface area contributed by atoms with E-state index in [1.165, 1.54) is 42.6 Å². The third kappa shape index (κ3) is 5.67. The second kappa shape index (κ2) is 8.11. The Labute approximate surface area is 151 Å². The third-order valence-electron chi connectivity index (χ3n) is 3.07. The summed E-state index contributed by atoms with van der Waals surface area (Å²) in [4.78, 5) is 15.6. The topological polar surface area (TPSA) is 122 Å². The van der Waals surface area contributed by atoms with Gasteiger partial charge in [-0.2, -0.15) is 0 Å². The normalized spacial score (nSPS) is 11.5. The zero-order valence-corrected chi connectivity index (χ0v) is 15.3. The van der Waals surface area contributed by atoms with Crippen LogP contribution in [0.3, 0.4) is 0 Å². The number of sulfone groups is 1. The molecule has 2 rings (SSSR count). The summed E-state index contributed by atoms with van der Waals surface area (Å²) in [6.45, 7) is 3.32. The number of carbonyl (C=O) groups excluding carboxylic acids is 1. The van der Waals surface area contributed by atoms with E-state index in [4.69, 9.17) is 0 Å². The smallest absolute Gasteiger partial charge is 0.263 e. The zero-order chi connectivity index (χ0) is 19.2. The first-order chi connectivity index (χ1) is 12.2. The van der Waals surface area contributed by atoms with Crippen molar-refractivity contribution in [3.05, 3.63) is 61.3 Å². The van der Waals surface area contributed by atoms with Gasteiger partial charge in [-0.25, -0.2) is 21.8 Å². The maximum atomic E-state index is 12.3. The van der Waals surface area contributed by atoms with Crippen LogP contribution in [0.2, 0.25) is 0 Å². The second-order valence-electron chi connectivity index (χ2n) is 5.24. The van der Waals surface area contributed by atoms with Crippen LogP contribution in [0.5, 0.6) is 0 Å². The number of amides is 1. The molecule has 138 valence electrons. The summed E-state index contributed by atoms with van der Waals surface area (Å²) >= 11 is 0. The molecule has 2 N–H and O–H groups in total. The third-order valence-corrected chi connectivity index (χ3v) is 5.89. The van der Waals surface area contributed by atoms with Crippen LogP contribution in [0, 0.1) is 0 Å². The summed E-state index contributed by atoms with van der Waals surface area (Å²) in [7, 11) is -7.39. The molecule has 0 aliphatic heterocycles. The molecule has 0 atom stereocenters. The Morgan fingerprint density at radius 2 is 1.77 bits per heavy atom. The molecule has 26 heavy (non-hydrogen) atoms. The van der Waals surface area contributed by atoms with Gasteiger partial charge in [0.15, 0.2) is 9.84 Å². The van der Waals surface area contributed by atoms with E-state index in [9.17, 15) is 21.6 Å². The van der Waals surface area contributed by atoms with Gasteiger partial charge in [0.05, 0.1) is 10.6 Å². The van der Waals surface area contributed by atoms with Crippen molar-refractivity contribution in [2.24, 2.45) is 0 Å². The van der Waals surface area contributed by atoms with E-state index in [-0.39, 0.29) is 22.2 Å². The summed E-state index contributed by atoms with van der Waals surface area (Å²) in [5.41, 5.74) is 0.278. The fourth-order valence-electron chi connectivity index (χ4n) is 1.97. The first kappa shape index (κ1) is 19.6. The minimum Gasteiger partial charge on any atom is -0.325 e. The van der Waals surface area contributed by atoms with Gasteiger partial charge >= 0.3 is 0 Å². The number of anilines is 2. The molecule has 0 saturated heterocycles. The van der Waals surface area contributed by atoms with Crippen LogP contribution >= 0.6 is 0 Å². The van der Waals surface area contributed by atoms with Gasteiger partial charge in [-0.1, -0.05) is 12.1 Å². The van der Waals surface area contributed by atoms with Crippen LogP contribution in [-0.4, -0.2) is 39.2 Å². The van der Waals surface area contributed by atoms with Crippen molar-refractivity contribution in [1.29, 1.82) is 0 Å². The van der Waals surface area contributed by atoms with Crippen molar-refractivity contribution in [2.75, 3.05) is 21.5 Å². The van der Waals surface area contributed by atoms with Crippen molar-refractivity contribution in [3.8, 4) is 0 Å². The Hall–Kier alpha value is -2.72. The number of pyridine rings is 1. The number of benzene rings is 1. The molecular formula is C16H17N3O5S2. The fraction of sp³-hybridized carbons (Fsp3) is 0.125. The number of nitrogens with one attached hydrogen (secondary N) is 2. The lowest BCUT2D eigenvalue weighted by molar-refractivity contribution is -0.113. The average molecular weight is 395 g/mol. The van der Waals surface area contributed by atoms with E-state index >= 15 is 0 Å². The molecule has 0 spiro atoms. The van der Waals surface area contributed by atoms with Gasteiger partial charge in [0.25, 0.3) is 10.0 Å². The summed E-state index contributed by atoms with van der Waals surface area (Å²) < 4.78 is 50.0. The summed E-state index contributed by atoms with van der Waals surface area (Å²) in [5, 5.41) is 2.40. The highest BCUT2D eigenvalue weighted by atomic mass is 32.2. The Morgan fingerprint density at radius 1 is 1.08 bits per heavy atom. The molecular weight excluding hydrogens is 378 g/mol. The van der Waals surface area contributed by atoms with Gasteiger partial charge < -0.3 is 5.32 Å². The van der Waals surface area contributed by atoms with Crippen LogP contribution in [0.15, 0.2) is 66.2 Å². The fourth-order valence-corrected chi connectivity index (χ4v) is 3.93. The number of sulfonamides is 1. The van der Waals surface area contributed by atoms with Crippen LogP contribution in [0.25, 0.3) is 0 Å². The summed E-state index contributed by atoms with van der Waals surface area (Å²) in [6.07, 6.45) is 2.66. The first-order valence-electron chi connectivity index (χ1n) is 7.37. The van der Waals surface area contributed by atoms with Gasteiger partial charge in [0.1, 0.15) is 11.6 Å². The van der Waals surface area contributed by atoms with E-state index < -0.39 is 31.5 Å². The van der Waals surface area contributed by atoms with E-state index in [2.05, 4.69) is 21.6 Å². The van der Waals surface area contributed by atoms with E-state index in [0.29, 0.717) is 0 Å². The highest BCUT2D eigenvalue weighted by molar-refractivity contribution is 7.92. The number of carbonyl (C=O) groups is 1. The van der Waals surface area contributed by atoms with Crippen LogP contribution in [-0.2, 0) is 24.7 Å². The number of hydrogen-bond acceptors (Lipinski definition) is 6. The maximum absolute atomic E-state index is 12.3. The molecule has 1 amide bonds. The lowest BCUT2D eigenvalue weighted by atomic mass is 10.3. The molecule has 0 bridgehead atoms. The lowest BCUT2D eigenvalue weighted by Crippen LogP contribution is -2.24. The minimum absolute atomic E-state index is 0.0274. The van der Waals surface area contributed by atoms with Gasteiger partial charge in [-0.05, 0) is 36.4 Å². The van der Waals surface area contributed by atoms with E-state index in [0.717, 1.165) is 0 Å². The molecule has 1 aromatic heterocycles. The summed E-state index contributed by atoms with van der Waals surface area (Å²) in [5.74, 6) is -1.51. The average Bonchev–Trinajstić information content (AvgIpc) is 2.55. The Balaban J connectivity index is 2.06. The van der Waals surface area contributed by atoms with Crippen molar-refractivity contribution < 1.29 is 21.6 Å². The zero-order valence-electron chi connectivity index (χ0n) is 13.6. The molecule has 1 heterocycles. The Kier molecular flexibility index (Phi) is 6.11. The van der Waals surface area contributed by atoms with Gasteiger partial charge in [0.2, 0.25) is 5.91 Å². The quantitative estimate of drug-likeness (QED) is 0.652. The lowest BCUT2D eigenvalue weighted by Gasteiger charge is -2.09. The SMILES string of the molecule is C=CCS(=O)(=O)CC(=O)Nc1ccc(S(=O)(=O)Nc2ccccn2)cc1. The second-order valence-corrected chi connectivity index (χ2v) is 9.03. The number of rotatable bonds is 8. The summed E-state index contributed by atoms with van der Waals surface area (Å²) in [6, 6.07) is 10.1. The molecule has 0 aliphatic carbocycles. The molecule has 1 aromatic carbocycles. The standard InChI is InChI=1S/C16H17N3O5S2/c1-2-11-25(21,22)12-16(20)18-13-6-8-14(9-7-13)26(23,24)19-15-5-3-4-10-17-15/h2-10H,1,11-12H2,(H,17,19)(H,18,20). The number of nitrogens with zero attached hydrogens (tertiary/aromatic N) is 1.